The molecule has 1 saturated heterocycles. The van der Waals surface area contributed by atoms with Crippen molar-refractivity contribution in [3.8, 4) is 0 Å². The average Bonchev–Trinajstić information content (AvgIpc) is 2.78. The van der Waals surface area contributed by atoms with Gasteiger partial charge in [-0.05, 0) is 32.9 Å². The van der Waals surface area contributed by atoms with Crippen LogP contribution < -0.4 is 11.1 Å². The van der Waals surface area contributed by atoms with Gasteiger partial charge in [-0.2, -0.15) is 5.10 Å². The lowest BCUT2D eigenvalue weighted by atomic mass is 10.3. The quantitative estimate of drug-likeness (QED) is 0.796. The molecule has 5 nitrogen and oxygen atoms in total. The Balaban J connectivity index is 1.86. The number of likely N-dealkylation sites (tertiary alicyclic amines) is 1. The Labute approximate surface area is 96.6 Å². The van der Waals surface area contributed by atoms with Gasteiger partial charge in [0, 0.05) is 25.8 Å². The molecule has 5 heteroatoms. The molecule has 90 valence electrons. The number of hydrogen-bond donors (Lipinski definition) is 2. The molecule has 0 aliphatic carbocycles. The second kappa shape index (κ2) is 4.74. The molecule has 2 rings (SSSR count). The fourth-order valence-electron chi connectivity index (χ4n) is 2.25. The van der Waals surface area contributed by atoms with Gasteiger partial charge < -0.3 is 16.0 Å². The summed E-state index contributed by atoms with van der Waals surface area (Å²) < 4.78 is 1.74. The minimum absolute atomic E-state index is 0.385. The van der Waals surface area contributed by atoms with Crippen LogP contribution in [0, 0.1) is 0 Å². The number of nitrogens with one attached hydrogen (secondary N) is 1. The Kier molecular flexibility index (Phi) is 3.33. The predicted molar refractivity (Wildman–Crippen MR) is 66.4 cm³/mol. The van der Waals surface area contributed by atoms with Gasteiger partial charge in [0.1, 0.15) is 0 Å². The second-order valence-corrected chi connectivity index (χ2v) is 4.66. The van der Waals surface area contributed by atoms with Crippen LogP contribution in [0.3, 0.4) is 0 Å². The maximum Gasteiger partial charge on any atom is 0.171 e. The Bertz CT molecular complexity index is 340. The van der Waals surface area contributed by atoms with Crippen LogP contribution in [0.4, 0.5) is 11.5 Å². The van der Waals surface area contributed by atoms with Crippen LogP contribution in [0.2, 0.25) is 0 Å². The molecule has 0 amide bonds. The maximum atomic E-state index is 5.84. The zero-order valence-electron chi connectivity index (χ0n) is 10.1. The largest absolute Gasteiger partial charge is 0.394 e. The maximum absolute atomic E-state index is 5.84. The van der Waals surface area contributed by atoms with Crippen molar-refractivity contribution in [2.75, 3.05) is 30.7 Å². The third kappa shape index (κ3) is 2.66. The van der Waals surface area contributed by atoms with Gasteiger partial charge in [0.05, 0.1) is 5.69 Å². The van der Waals surface area contributed by atoms with Crippen LogP contribution in [-0.2, 0) is 7.05 Å². The summed E-state index contributed by atoms with van der Waals surface area (Å²) in [5, 5.41) is 7.65. The normalized spacial score (nSPS) is 18.9. The second-order valence-electron chi connectivity index (χ2n) is 4.66. The van der Waals surface area contributed by atoms with Crippen molar-refractivity contribution in [2.45, 2.75) is 25.8 Å². The third-order valence-electron chi connectivity index (χ3n) is 2.97. The molecule has 1 aliphatic rings. The summed E-state index contributed by atoms with van der Waals surface area (Å²) in [5.74, 6) is 0.800. The first kappa shape index (κ1) is 11.3. The summed E-state index contributed by atoms with van der Waals surface area (Å²) in [6.45, 7) is 5.69. The van der Waals surface area contributed by atoms with E-state index in [1.54, 1.807) is 4.68 Å². The molecule has 0 bridgehead atoms. The van der Waals surface area contributed by atoms with Crippen molar-refractivity contribution in [2.24, 2.45) is 7.05 Å². The van der Waals surface area contributed by atoms with Gasteiger partial charge in [0.25, 0.3) is 0 Å². The van der Waals surface area contributed by atoms with Crippen molar-refractivity contribution < 1.29 is 0 Å². The van der Waals surface area contributed by atoms with Crippen molar-refractivity contribution >= 4 is 11.5 Å². The van der Waals surface area contributed by atoms with E-state index in [1.807, 2.05) is 13.2 Å². The molecule has 1 fully saturated rings. The number of hydrogen-bond acceptors (Lipinski definition) is 4. The van der Waals surface area contributed by atoms with Gasteiger partial charge >= 0.3 is 0 Å². The predicted octanol–water partition coefficient (Wildman–Crippen LogP) is 0.898. The van der Waals surface area contributed by atoms with Crippen LogP contribution in [0.5, 0.6) is 0 Å². The van der Waals surface area contributed by atoms with Crippen LogP contribution in [0.15, 0.2) is 6.20 Å². The van der Waals surface area contributed by atoms with E-state index in [4.69, 9.17) is 5.73 Å². The zero-order chi connectivity index (χ0) is 11.5. The fraction of sp³-hybridized carbons (Fsp3) is 0.727. The highest BCUT2D eigenvalue weighted by atomic mass is 15.3. The van der Waals surface area contributed by atoms with E-state index in [1.165, 1.54) is 25.9 Å². The Morgan fingerprint density at radius 1 is 1.50 bits per heavy atom. The van der Waals surface area contributed by atoms with Gasteiger partial charge in [0.2, 0.25) is 0 Å². The summed E-state index contributed by atoms with van der Waals surface area (Å²) >= 11 is 0. The third-order valence-corrected chi connectivity index (χ3v) is 2.97. The van der Waals surface area contributed by atoms with Gasteiger partial charge in [0.15, 0.2) is 5.82 Å². The molecular formula is C11H21N5. The highest BCUT2D eigenvalue weighted by molar-refractivity contribution is 5.60. The van der Waals surface area contributed by atoms with E-state index in [0.717, 1.165) is 18.1 Å². The van der Waals surface area contributed by atoms with E-state index >= 15 is 0 Å². The van der Waals surface area contributed by atoms with Crippen LogP contribution in [0.1, 0.15) is 19.8 Å². The number of nitrogen functional groups attached to an aromatic ring is 1. The highest BCUT2D eigenvalue weighted by Crippen LogP contribution is 2.16. The first-order valence-electron chi connectivity index (χ1n) is 5.93. The van der Waals surface area contributed by atoms with E-state index in [0.29, 0.717) is 6.04 Å². The first-order valence-corrected chi connectivity index (χ1v) is 5.93. The molecule has 16 heavy (non-hydrogen) atoms. The van der Waals surface area contributed by atoms with E-state index < -0.39 is 0 Å². The molecule has 2 heterocycles. The molecular weight excluding hydrogens is 202 g/mol. The summed E-state index contributed by atoms with van der Waals surface area (Å²) in [6, 6.07) is 0.385. The Hall–Kier alpha value is -1.23. The average molecular weight is 223 g/mol. The van der Waals surface area contributed by atoms with E-state index in [2.05, 4.69) is 22.2 Å². The molecule has 0 aromatic carbocycles. The number of rotatable bonds is 4. The molecule has 1 atom stereocenters. The Morgan fingerprint density at radius 2 is 2.19 bits per heavy atom. The molecule has 0 saturated carbocycles. The van der Waals surface area contributed by atoms with Crippen molar-refractivity contribution in [1.29, 1.82) is 0 Å². The number of nitrogens with two attached hydrogens (primary N) is 1. The van der Waals surface area contributed by atoms with E-state index in [-0.39, 0.29) is 0 Å². The van der Waals surface area contributed by atoms with Gasteiger partial charge in [-0.3, -0.25) is 4.68 Å². The minimum Gasteiger partial charge on any atom is -0.394 e. The summed E-state index contributed by atoms with van der Waals surface area (Å²) in [6.07, 6.45) is 4.49. The molecule has 0 spiro atoms. The van der Waals surface area contributed by atoms with Gasteiger partial charge in [-0.25, -0.2) is 0 Å². The van der Waals surface area contributed by atoms with Crippen LogP contribution >= 0.6 is 0 Å². The zero-order valence-corrected chi connectivity index (χ0v) is 10.1. The number of aryl methyl sites for hydroxylation is 1. The number of anilines is 2. The molecule has 1 unspecified atom stereocenters. The monoisotopic (exact) mass is 223 g/mol. The van der Waals surface area contributed by atoms with Crippen LogP contribution in [0.25, 0.3) is 0 Å². The lowest BCUT2D eigenvalue weighted by Crippen LogP contribution is -2.33. The standard InChI is InChI=1S/C11H21N5/c1-9(7-16-5-3-4-6-16)13-11-10(12)8-15(2)14-11/h8-9H,3-7,12H2,1-2H3,(H,13,14). The molecule has 1 aliphatic heterocycles. The molecule has 1 aromatic rings. The highest BCUT2D eigenvalue weighted by Gasteiger charge is 2.15. The van der Waals surface area contributed by atoms with Gasteiger partial charge in [-0.15, -0.1) is 0 Å². The number of aromatic nitrogens is 2. The van der Waals surface area contributed by atoms with Gasteiger partial charge in [-0.1, -0.05) is 0 Å². The van der Waals surface area contributed by atoms with Crippen LogP contribution in [-0.4, -0.2) is 40.4 Å². The van der Waals surface area contributed by atoms with E-state index in [9.17, 15) is 0 Å². The van der Waals surface area contributed by atoms with Crippen molar-refractivity contribution in [3.63, 3.8) is 0 Å². The summed E-state index contributed by atoms with van der Waals surface area (Å²) in [7, 11) is 1.88. The Morgan fingerprint density at radius 3 is 2.75 bits per heavy atom. The first-order chi connectivity index (χ1) is 7.65. The molecule has 3 N–H and O–H groups in total. The van der Waals surface area contributed by atoms with Crippen molar-refractivity contribution in [3.05, 3.63) is 6.20 Å². The summed E-state index contributed by atoms with van der Waals surface area (Å²) in [5.41, 5.74) is 6.56. The smallest absolute Gasteiger partial charge is 0.171 e. The fourth-order valence-corrected chi connectivity index (χ4v) is 2.25. The van der Waals surface area contributed by atoms with Crippen molar-refractivity contribution in [1.82, 2.24) is 14.7 Å². The molecule has 1 aromatic heterocycles. The topological polar surface area (TPSA) is 59.1 Å². The lowest BCUT2D eigenvalue weighted by molar-refractivity contribution is 0.327. The summed E-state index contributed by atoms with van der Waals surface area (Å²) in [4.78, 5) is 2.48. The minimum atomic E-state index is 0.385. The molecule has 0 radical (unpaired) electrons. The number of nitrogens with zero attached hydrogens (tertiary/aromatic N) is 3. The lowest BCUT2D eigenvalue weighted by Gasteiger charge is -2.21. The SMILES string of the molecule is CC(CN1CCCC1)Nc1nn(C)cc1N.